The van der Waals surface area contributed by atoms with Gasteiger partial charge in [0, 0.05) is 12.3 Å². The zero-order valence-corrected chi connectivity index (χ0v) is 9.32. The lowest BCUT2D eigenvalue weighted by Crippen LogP contribution is -2.07. The molecule has 0 aromatic heterocycles. The smallest absolute Gasteiger partial charge is 0.311 e. The van der Waals surface area contributed by atoms with E-state index < -0.39 is 0 Å². The molecule has 1 aromatic carbocycles. The van der Waals surface area contributed by atoms with E-state index >= 15 is 0 Å². The number of carbonyl (C=O) groups is 1. The molecular weight excluding hydrogens is 200 g/mol. The van der Waals surface area contributed by atoms with E-state index in [1.54, 1.807) is 0 Å². The monoisotopic (exact) mass is 214 g/mol. The maximum atomic E-state index is 11.4. The lowest BCUT2D eigenvalue weighted by molar-refractivity contribution is -0.134. The third-order valence-corrected chi connectivity index (χ3v) is 3.19. The van der Waals surface area contributed by atoms with E-state index in [0.29, 0.717) is 18.1 Å². The SMILES string of the molecule is CCCC(=O)Oc1ccc2c(c1)C1CC1=C2. The molecule has 0 N–H and O–H groups in total. The largest absolute Gasteiger partial charge is 0.427 e. The minimum Gasteiger partial charge on any atom is -0.427 e. The Balaban J connectivity index is 1.78. The molecule has 2 aliphatic carbocycles. The number of hydrogen-bond donors (Lipinski definition) is 0. The van der Waals surface area contributed by atoms with Crippen molar-refractivity contribution in [2.75, 3.05) is 0 Å². The molecule has 2 aliphatic rings. The second-order valence-corrected chi connectivity index (χ2v) is 4.49. The number of allylic oxidation sites excluding steroid dienone is 1. The van der Waals surface area contributed by atoms with Crippen molar-refractivity contribution in [1.82, 2.24) is 0 Å². The topological polar surface area (TPSA) is 26.3 Å². The van der Waals surface area contributed by atoms with E-state index in [9.17, 15) is 4.79 Å². The predicted octanol–water partition coefficient (Wildman–Crippen LogP) is 3.28. The van der Waals surface area contributed by atoms with Gasteiger partial charge in [-0.25, -0.2) is 0 Å². The van der Waals surface area contributed by atoms with Crippen LogP contribution in [0.25, 0.3) is 6.08 Å². The van der Waals surface area contributed by atoms with Crippen LogP contribution >= 0.6 is 0 Å². The van der Waals surface area contributed by atoms with Crippen LogP contribution in [0.1, 0.15) is 43.2 Å². The third-order valence-electron chi connectivity index (χ3n) is 3.19. The summed E-state index contributed by atoms with van der Waals surface area (Å²) >= 11 is 0. The summed E-state index contributed by atoms with van der Waals surface area (Å²) in [6.45, 7) is 1.98. The van der Waals surface area contributed by atoms with Crippen LogP contribution in [0.3, 0.4) is 0 Å². The van der Waals surface area contributed by atoms with Gasteiger partial charge in [0.25, 0.3) is 0 Å². The first-order chi connectivity index (χ1) is 7.78. The molecule has 0 heterocycles. The molecule has 82 valence electrons. The Kier molecular flexibility index (Phi) is 2.10. The Morgan fingerprint density at radius 3 is 3.19 bits per heavy atom. The fraction of sp³-hybridized carbons (Fsp3) is 0.357. The van der Waals surface area contributed by atoms with Gasteiger partial charge in [0.1, 0.15) is 5.75 Å². The summed E-state index contributed by atoms with van der Waals surface area (Å²) in [5, 5.41) is 0. The van der Waals surface area contributed by atoms with Crippen LogP contribution in [0, 0.1) is 0 Å². The van der Waals surface area contributed by atoms with Crippen molar-refractivity contribution in [1.29, 1.82) is 0 Å². The molecule has 1 atom stereocenters. The standard InChI is InChI=1S/C14H14O2/c1-2-3-14(15)16-11-5-4-9-6-10-7-12(10)13(9)8-11/h4-6,8,12H,2-3,7H2,1H3. The van der Waals surface area contributed by atoms with Crippen LogP contribution in [0.4, 0.5) is 0 Å². The van der Waals surface area contributed by atoms with E-state index in [4.69, 9.17) is 4.74 Å². The lowest BCUT2D eigenvalue weighted by Gasteiger charge is -2.06. The van der Waals surface area contributed by atoms with Gasteiger partial charge in [-0.15, -0.1) is 0 Å². The normalized spacial score (nSPS) is 19.8. The molecule has 2 heteroatoms. The number of rotatable bonds is 3. The molecule has 1 aromatic rings. The number of benzene rings is 1. The van der Waals surface area contributed by atoms with Gasteiger partial charge in [0.15, 0.2) is 0 Å². The van der Waals surface area contributed by atoms with Gasteiger partial charge in [0.2, 0.25) is 0 Å². The predicted molar refractivity (Wildman–Crippen MR) is 62.3 cm³/mol. The zero-order valence-electron chi connectivity index (χ0n) is 9.32. The number of fused-ring (bicyclic) bond motifs is 3. The van der Waals surface area contributed by atoms with E-state index in [1.165, 1.54) is 23.1 Å². The number of ether oxygens (including phenoxy) is 1. The van der Waals surface area contributed by atoms with Crippen molar-refractivity contribution in [2.45, 2.75) is 32.1 Å². The number of hydrogen-bond acceptors (Lipinski definition) is 2. The summed E-state index contributed by atoms with van der Waals surface area (Å²) in [5.41, 5.74) is 4.14. The minimum absolute atomic E-state index is 0.135. The Morgan fingerprint density at radius 2 is 2.38 bits per heavy atom. The molecule has 0 bridgehead atoms. The summed E-state index contributed by atoms with van der Waals surface area (Å²) in [6.07, 6.45) is 4.76. The lowest BCUT2D eigenvalue weighted by atomic mass is 10.1. The summed E-state index contributed by atoms with van der Waals surface area (Å²) in [4.78, 5) is 11.4. The molecule has 0 spiro atoms. The van der Waals surface area contributed by atoms with Crippen LogP contribution < -0.4 is 4.74 Å². The van der Waals surface area contributed by atoms with E-state index in [-0.39, 0.29) is 5.97 Å². The number of carbonyl (C=O) groups excluding carboxylic acids is 1. The first-order valence-corrected chi connectivity index (χ1v) is 5.83. The summed E-state index contributed by atoms with van der Waals surface area (Å²) in [6, 6.07) is 5.95. The van der Waals surface area contributed by atoms with Gasteiger partial charge < -0.3 is 4.74 Å². The highest BCUT2D eigenvalue weighted by Gasteiger charge is 2.37. The Morgan fingerprint density at radius 1 is 1.50 bits per heavy atom. The van der Waals surface area contributed by atoms with Gasteiger partial charge in [-0.3, -0.25) is 4.79 Å². The summed E-state index contributed by atoms with van der Waals surface area (Å²) in [5.74, 6) is 1.18. The van der Waals surface area contributed by atoms with Crippen LogP contribution in [0.15, 0.2) is 23.8 Å². The van der Waals surface area contributed by atoms with Gasteiger partial charge in [0.05, 0.1) is 0 Å². The van der Waals surface area contributed by atoms with Crippen molar-refractivity contribution < 1.29 is 9.53 Å². The molecule has 0 radical (unpaired) electrons. The first-order valence-electron chi connectivity index (χ1n) is 5.83. The first kappa shape index (κ1) is 9.64. The second kappa shape index (κ2) is 3.48. The van der Waals surface area contributed by atoms with Crippen LogP contribution in [0.2, 0.25) is 0 Å². The molecule has 1 saturated carbocycles. The molecular formula is C14H14O2. The third kappa shape index (κ3) is 1.54. The molecule has 16 heavy (non-hydrogen) atoms. The van der Waals surface area contributed by atoms with Crippen LogP contribution in [-0.2, 0) is 4.79 Å². The molecule has 0 amide bonds. The fourth-order valence-electron chi connectivity index (χ4n) is 2.28. The minimum atomic E-state index is -0.135. The molecule has 0 aliphatic heterocycles. The molecule has 3 rings (SSSR count). The van der Waals surface area contributed by atoms with Crippen molar-refractivity contribution in [3.8, 4) is 5.75 Å². The fourth-order valence-corrected chi connectivity index (χ4v) is 2.28. The zero-order chi connectivity index (χ0) is 11.1. The van der Waals surface area contributed by atoms with Crippen LogP contribution in [-0.4, -0.2) is 5.97 Å². The van der Waals surface area contributed by atoms with Crippen molar-refractivity contribution in [3.63, 3.8) is 0 Å². The Hall–Kier alpha value is -1.57. The summed E-state index contributed by atoms with van der Waals surface area (Å²) in [7, 11) is 0. The highest BCUT2D eigenvalue weighted by molar-refractivity contribution is 5.76. The maximum absolute atomic E-state index is 11.4. The van der Waals surface area contributed by atoms with E-state index in [2.05, 4.69) is 6.08 Å². The number of esters is 1. The highest BCUT2D eigenvalue weighted by atomic mass is 16.5. The van der Waals surface area contributed by atoms with Crippen LogP contribution in [0.5, 0.6) is 5.75 Å². The molecule has 0 saturated heterocycles. The molecule has 1 unspecified atom stereocenters. The van der Waals surface area contributed by atoms with Gasteiger partial charge in [-0.1, -0.05) is 24.6 Å². The highest BCUT2D eigenvalue weighted by Crippen LogP contribution is 2.54. The van der Waals surface area contributed by atoms with Crippen molar-refractivity contribution >= 4 is 12.0 Å². The van der Waals surface area contributed by atoms with E-state index in [0.717, 1.165) is 6.42 Å². The van der Waals surface area contributed by atoms with Gasteiger partial charge >= 0.3 is 5.97 Å². The van der Waals surface area contributed by atoms with Crippen molar-refractivity contribution in [2.24, 2.45) is 0 Å². The average molecular weight is 214 g/mol. The second-order valence-electron chi connectivity index (χ2n) is 4.49. The van der Waals surface area contributed by atoms with Crippen molar-refractivity contribution in [3.05, 3.63) is 34.9 Å². The van der Waals surface area contributed by atoms with Gasteiger partial charge in [-0.05, 0) is 36.1 Å². The quantitative estimate of drug-likeness (QED) is 0.570. The maximum Gasteiger partial charge on any atom is 0.311 e. The Bertz CT molecular complexity index is 486. The average Bonchev–Trinajstić information content (AvgIpc) is 2.93. The van der Waals surface area contributed by atoms with E-state index in [1.807, 2.05) is 25.1 Å². The van der Waals surface area contributed by atoms with Gasteiger partial charge in [-0.2, -0.15) is 0 Å². The molecule has 1 fully saturated rings. The summed E-state index contributed by atoms with van der Waals surface area (Å²) < 4.78 is 5.28. The molecule has 2 nitrogen and oxygen atoms in total. The Labute approximate surface area is 94.9 Å².